The fourth-order valence-electron chi connectivity index (χ4n) is 4.04. The van der Waals surface area contributed by atoms with Gasteiger partial charge in [0.1, 0.15) is 0 Å². The molecular weight excluding hydrogens is 414 g/mol. The summed E-state index contributed by atoms with van der Waals surface area (Å²) in [5.74, 6) is -0.264. The predicted octanol–water partition coefficient (Wildman–Crippen LogP) is 2.10. The molecule has 2 aromatic rings. The third-order valence-corrected chi connectivity index (χ3v) is 7.70. The van der Waals surface area contributed by atoms with Crippen LogP contribution in [0.5, 0.6) is 0 Å². The molecule has 4 rings (SSSR count). The molecule has 1 atom stereocenters. The second kappa shape index (κ2) is 9.91. The van der Waals surface area contributed by atoms with E-state index in [1.54, 1.807) is 18.2 Å². The Morgan fingerprint density at radius 1 is 1.03 bits per heavy atom. The molecule has 2 fully saturated rings. The van der Waals surface area contributed by atoms with Crippen molar-refractivity contribution in [1.29, 1.82) is 0 Å². The second-order valence-electron chi connectivity index (χ2n) is 8.08. The van der Waals surface area contributed by atoms with Gasteiger partial charge < -0.3 is 10.1 Å². The Labute approximate surface area is 184 Å². The molecule has 0 bridgehead atoms. The van der Waals surface area contributed by atoms with Crippen molar-refractivity contribution >= 4 is 15.9 Å². The van der Waals surface area contributed by atoms with E-state index in [1.807, 2.05) is 18.2 Å². The maximum atomic E-state index is 13.2. The molecule has 1 unspecified atom stereocenters. The fraction of sp³-hybridized carbons (Fsp3) is 0.435. The Morgan fingerprint density at radius 3 is 2.52 bits per heavy atom. The normalized spacial score (nSPS) is 21.0. The van der Waals surface area contributed by atoms with Crippen LogP contribution in [0.4, 0.5) is 0 Å². The van der Waals surface area contributed by atoms with E-state index in [0.717, 1.165) is 26.0 Å². The number of hydrogen-bond acceptors (Lipinski definition) is 5. The predicted molar refractivity (Wildman–Crippen MR) is 118 cm³/mol. The molecule has 1 amide bonds. The number of ether oxygens (including phenoxy) is 1. The smallest absolute Gasteiger partial charge is 0.251 e. The molecular formula is C23H29N3O4S. The SMILES string of the molecule is O=C(NC1CCCOC1)c1cccc(S(=O)(=O)N2CCN(Cc3ccccc3)CC2)c1. The van der Waals surface area contributed by atoms with Gasteiger partial charge in [-0.1, -0.05) is 36.4 Å². The number of rotatable bonds is 6. The van der Waals surface area contributed by atoms with Crippen LogP contribution in [0.2, 0.25) is 0 Å². The lowest BCUT2D eigenvalue weighted by molar-refractivity contribution is 0.0624. The van der Waals surface area contributed by atoms with Crippen LogP contribution in [0.1, 0.15) is 28.8 Å². The summed E-state index contributed by atoms with van der Waals surface area (Å²) in [5, 5.41) is 2.94. The van der Waals surface area contributed by atoms with Gasteiger partial charge in [-0.2, -0.15) is 4.31 Å². The Bertz CT molecular complexity index is 983. The molecule has 0 saturated carbocycles. The zero-order valence-electron chi connectivity index (χ0n) is 17.6. The van der Waals surface area contributed by atoms with Crippen LogP contribution in [0.15, 0.2) is 59.5 Å². The summed E-state index contributed by atoms with van der Waals surface area (Å²) in [6, 6.07) is 16.5. The first-order chi connectivity index (χ1) is 15.0. The van der Waals surface area contributed by atoms with Crippen LogP contribution >= 0.6 is 0 Å². The summed E-state index contributed by atoms with van der Waals surface area (Å²) >= 11 is 0. The topological polar surface area (TPSA) is 78.9 Å². The highest BCUT2D eigenvalue weighted by Crippen LogP contribution is 2.20. The number of hydrogen-bond donors (Lipinski definition) is 1. The molecule has 0 aliphatic carbocycles. The van der Waals surface area contributed by atoms with Gasteiger partial charge in [0.05, 0.1) is 17.5 Å². The van der Waals surface area contributed by atoms with Crippen LogP contribution in [0, 0.1) is 0 Å². The van der Waals surface area contributed by atoms with Gasteiger partial charge >= 0.3 is 0 Å². The molecule has 31 heavy (non-hydrogen) atoms. The van der Waals surface area contributed by atoms with Crippen molar-refractivity contribution in [3.8, 4) is 0 Å². The minimum absolute atomic E-state index is 0.0285. The van der Waals surface area contributed by atoms with Gasteiger partial charge in [-0.05, 0) is 36.6 Å². The third-order valence-electron chi connectivity index (χ3n) is 5.81. The molecule has 0 aromatic heterocycles. The van der Waals surface area contributed by atoms with E-state index >= 15 is 0 Å². The summed E-state index contributed by atoms with van der Waals surface area (Å²) in [6.45, 7) is 4.26. The van der Waals surface area contributed by atoms with Crippen molar-refractivity contribution in [3.63, 3.8) is 0 Å². The van der Waals surface area contributed by atoms with Gasteiger partial charge in [0.25, 0.3) is 5.91 Å². The third kappa shape index (κ3) is 5.51. The molecule has 2 aliphatic rings. The van der Waals surface area contributed by atoms with Crippen molar-refractivity contribution in [2.24, 2.45) is 0 Å². The van der Waals surface area contributed by atoms with Gasteiger partial charge in [-0.3, -0.25) is 9.69 Å². The quantitative estimate of drug-likeness (QED) is 0.740. The summed E-state index contributed by atoms with van der Waals surface area (Å²) in [6.07, 6.45) is 1.78. The first-order valence-electron chi connectivity index (χ1n) is 10.8. The summed E-state index contributed by atoms with van der Waals surface area (Å²) in [4.78, 5) is 15.0. The zero-order chi connectivity index (χ0) is 21.7. The second-order valence-corrected chi connectivity index (χ2v) is 10.0. The summed E-state index contributed by atoms with van der Waals surface area (Å²) < 4.78 is 33.3. The number of piperazine rings is 1. The van der Waals surface area contributed by atoms with Crippen molar-refractivity contribution in [1.82, 2.24) is 14.5 Å². The molecule has 2 aliphatic heterocycles. The highest BCUT2D eigenvalue weighted by molar-refractivity contribution is 7.89. The van der Waals surface area contributed by atoms with E-state index in [9.17, 15) is 13.2 Å². The van der Waals surface area contributed by atoms with Crippen molar-refractivity contribution in [2.75, 3.05) is 39.4 Å². The Kier molecular flexibility index (Phi) is 7.02. The average Bonchev–Trinajstić information content (AvgIpc) is 2.81. The molecule has 0 spiro atoms. The van der Waals surface area contributed by atoms with Crippen molar-refractivity contribution in [3.05, 3.63) is 65.7 Å². The van der Waals surface area contributed by atoms with Gasteiger partial charge in [0.2, 0.25) is 10.0 Å². The molecule has 0 radical (unpaired) electrons. The lowest BCUT2D eigenvalue weighted by Crippen LogP contribution is -2.48. The number of nitrogens with one attached hydrogen (secondary N) is 1. The van der Waals surface area contributed by atoms with E-state index in [0.29, 0.717) is 38.3 Å². The number of sulfonamides is 1. The highest BCUT2D eigenvalue weighted by Gasteiger charge is 2.29. The van der Waals surface area contributed by atoms with Crippen LogP contribution in [-0.2, 0) is 21.3 Å². The van der Waals surface area contributed by atoms with Crippen LogP contribution in [0.25, 0.3) is 0 Å². The molecule has 166 valence electrons. The Hall–Kier alpha value is -2.26. The number of carbonyl (C=O) groups is 1. The Balaban J connectivity index is 1.38. The number of benzene rings is 2. The zero-order valence-corrected chi connectivity index (χ0v) is 18.4. The lowest BCUT2D eigenvalue weighted by atomic mass is 10.1. The lowest BCUT2D eigenvalue weighted by Gasteiger charge is -2.34. The molecule has 2 heterocycles. The number of amides is 1. The largest absolute Gasteiger partial charge is 0.379 e. The molecule has 2 aromatic carbocycles. The van der Waals surface area contributed by atoms with E-state index in [-0.39, 0.29) is 16.8 Å². The van der Waals surface area contributed by atoms with E-state index in [1.165, 1.54) is 15.9 Å². The fourth-order valence-corrected chi connectivity index (χ4v) is 5.51. The van der Waals surface area contributed by atoms with E-state index in [4.69, 9.17) is 4.74 Å². The van der Waals surface area contributed by atoms with E-state index in [2.05, 4.69) is 22.3 Å². The standard InChI is InChI=1S/C23H29N3O4S/c27-23(24-21-9-5-15-30-18-21)20-8-4-10-22(16-20)31(28,29)26-13-11-25(12-14-26)17-19-6-2-1-3-7-19/h1-4,6-8,10,16,21H,5,9,11-15,17-18H2,(H,24,27). The first-order valence-corrected chi connectivity index (χ1v) is 12.2. The number of carbonyl (C=O) groups excluding carboxylic acids is 1. The van der Waals surface area contributed by atoms with Crippen LogP contribution in [0.3, 0.4) is 0 Å². The summed E-state index contributed by atoms with van der Waals surface area (Å²) in [5.41, 5.74) is 1.58. The number of nitrogens with zero attached hydrogens (tertiary/aromatic N) is 2. The molecule has 1 N–H and O–H groups in total. The first kappa shape index (κ1) is 22.0. The van der Waals surface area contributed by atoms with Crippen LogP contribution in [-0.4, -0.2) is 69.0 Å². The molecule has 8 heteroatoms. The summed E-state index contributed by atoms with van der Waals surface area (Å²) in [7, 11) is -3.65. The average molecular weight is 444 g/mol. The monoisotopic (exact) mass is 443 g/mol. The maximum Gasteiger partial charge on any atom is 0.251 e. The van der Waals surface area contributed by atoms with Gasteiger partial charge in [-0.15, -0.1) is 0 Å². The van der Waals surface area contributed by atoms with E-state index < -0.39 is 10.0 Å². The van der Waals surface area contributed by atoms with Gasteiger partial charge in [0.15, 0.2) is 0 Å². The molecule has 7 nitrogen and oxygen atoms in total. The minimum atomic E-state index is -3.65. The Morgan fingerprint density at radius 2 is 1.81 bits per heavy atom. The highest BCUT2D eigenvalue weighted by atomic mass is 32.2. The van der Waals surface area contributed by atoms with Gasteiger partial charge in [-0.25, -0.2) is 8.42 Å². The van der Waals surface area contributed by atoms with Crippen molar-refractivity contribution < 1.29 is 17.9 Å². The minimum Gasteiger partial charge on any atom is -0.379 e. The van der Waals surface area contributed by atoms with Crippen LogP contribution < -0.4 is 5.32 Å². The molecule has 2 saturated heterocycles. The maximum absolute atomic E-state index is 13.2. The van der Waals surface area contributed by atoms with Crippen molar-refractivity contribution in [2.45, 2.75) is 30.3 Å². The van der Waals surface area contributed by atoms with Gasteiger partial charge in [0, 0.05) is 44.9 Å².